The number of carbonyl (C=O) groups excluding carboxylic acids is 4. The van der Waals surface area contributed by atoms with Crippen molar-refractivity contribution in [3.63, 3.8) is 0 Å². The molecule has 0 spiro atoms. The minimum Gasteiger partial charge on any atom is -0.444 e. The summed E-state index contributed by atoms with van der Waals surface area (Å²) in [5, 5.41) is 8.92. The maximum Gasteiger partial charge on any atom is 0.407 e. The highest BCUT2D eigenvalue weighted by Crippen LogP contribution is 2.22. The summed E-state index contributed by atoms with van der Waals surface area (Å²) in [7, 11) is 0. The number of rotatable bonds is 19. The van der Waals surface area contributed by atoms with E-state index in [1.165, 1.54) is 0 Å². The molecule has 0 saturated carbocycles. The van der Waals surface area contributed by atoms with E-state index in [-0.39, 0.29) is 18.9 Å². The van der Waals surface area contributed by atoms with Gasteiger partial charge < -0.3 is 35.1 Å². The van der Waals surface area contributed by atoms with Crippen LogP contribution in [0.2, 0.25) is 0 Å². The highest BCUT2D eigenvalue weighted by molar-refractivity contribution is 5.89. The minimum atomic E-state index is -0.966. The Balaban J connectivity index is 2.31. The lowest BCUT2D eigenvalue weighted by atomic mass is 10.0. The molecule has 262 valence electrons. The number of fused-ring (bicyclic) bond motifs is 1. The maximum absolute atomic E-state index is 14.4. The van der Waals surface area contributed by atoms with Gasteiger partial charge in [0.25, 0.3) is 0 Å². The first-order valence-corrected chi connectivity index (χ1v) is 16.2. The fourth-order valence-corrected chi connectivity index (χ4v) is 4.74. The van der Waals surface area contributed by atoms with E-state index in [2.05, 4.69) is 26.4 Å². The third-order valence-corrected chi connectivity index (χ3v) is 6.81. The van der Waals surface area contributed by atoms with Gasteiger partial charge >= 0.3 is 12.1 Å². The fraction of sp³-hybridized carbons (Fsp3) is 0.606. The van der Waals surface area contributed by atoms with Crippen molar-refractivity contribution in [2.24, 2.45) is 0 Å². The highest BCUT2D eigenvalue weighted by atomic mass is 16.7. The van der Waals surface area contributed by atoms with Crippen LogP contribution in [0.5, 0.6) is 0 Å². The molecule has 14 nitrogen and oxygen atoms in total. The molecule has 1 aromatic heterocycles. The molecule has 0 radical (unpaired) electrons. The summed E-state index contributed by atoms with van der Waals surface area (Å²) in [4.78, 5) is 62.4. The second-order valence-corrected chi connectivity index (χ2v) is 11.8. The maximum atomic E-state index is 14.4. The average Bonchev–Trinajstić information content (AvgIpc) is 3.01. The molecule has 0 unspecified atom stereocenters. The van der Waals surface area contributed by atoms with Crippen LogP contribution in [-0.4, -0.2) is 90.7 Å². The average molecular weight is 661 g/mol. The Hall–Kier alpha value is -4.01. The van der Waals surface area contributed by atoms with Crippen LogP contribution in [0, 0.1) is 0 Å². The highest BCUT2D eigenvalue weighted by Gasteiger charge is 2.34. The molecule has 47 heavy (non-hydrogen) atoms. The number of urea groups is 1. The van der Waals surface area contributed by atoms with Crippen LogP contribution in [-0.2, 0) is 35.2 Å². The molecule has 5 amide bonds. The molecule has 2 rings (SSSR count). The van der Waals surface area contributed by atoms with Crippen LogP contribution in [0.3, 0.4) is 0 Å². The van der Waals surface area contributed by atoms with Crippen molar-refractivity contribution in [1.29, 1.82) is 0 Å². The number of para-hydroxylation sites is 1. The second-order valence-electron chi connectivity index (χ2n) is 11.8. The molecule has 1 heterocycles. The Morgan fingerprint density at radius 3 is 2.32 bits per heavy atom. The van der Waals surface area contributed by atoms with E-state index in [0.29, 0.717) is 39.1 Å². The van der Waals surface area contributed by atoms with Crippen LogP contribution in [0.1, 0.15) is 73.3 Å². The largest absolute Gasteiger partial charge is 0.444 e. The monoisotopic (exact) mass is 660 g/mol. The number of hydroxylamine groups is 1. The summed E-state index contributed by atoms with van der Waals surface area (Å²) in [5.74, 6) is -0.961. The summed E-state index contributed by atoms with van der Waals surface area (Å²) in [6.45, 7) is 13.7. The number of pyridine rings is 1. The first-order chi connectivity index (χ1) is 22.4. The van der Waals surface area contributed by atoms with E-state index in [1.54, 1.807) is 38.8 Å². The molecule has 0 bridgehead atoms. The van der Waals surface area contributed by atoms with Gasteiger partial charge in [-0.2, -0.15) is 0 Å². The number of carbonyl (C=O) groups is 4. The van der Waals surface area contributed by atoms with Crippen LogP contribution < -0.4 is 21.4 Å². The molecule has 2 aromatic rings. The van der Waals surface area contributed by atoms with Gasteiger partial charge in [0.2, 0.25) is 11.8 Å². The fourth-order valence-electron chi connectivity index (χ4n) is 4.74. The van der Waals surface area contributed by atoms with Gasteiger partial charge in [0.1, 0.15) is 11.6 Å². The van der Waals surface area contributed by atoms with E-state index in [4.69, 9.17) is 19.0 Å². The quantitative estimate of drug-likeness (QED) is 0.0995. The molecular formula is C33H52N6O8. The summed E-state index contributed by atoms with van der Waals surface area (Å²) in [5.41, 5.74) is 3.08. The summed E-state index contributed by atoms with van der Waals surface area (Å²) in [6.07, 6.45) is 1.72. The number of ether oxygens (including phenoxy) is 3. The van der Waals surface area contributed by atoms with Gasteiger partial charge in [0.05, 0.1) is 11.6 Å². The third-order valence-electron chi connectivity index (χ3n) is 6.81. The van der Waals surface area contributed by atoms with E-state index in [1.807, 2.05) is 51.1 Å². The Morgan fingerprint density at radius 1 is 0.957 bits per heavy atom. The molecule has 0 aliphatic heterocycles. The summed E-state index contributed by atoms with van der Waals surface area (Å²) >= 11 is 0. The van der Waals surface area contributed by atoms with E-state index in [0.717, 1.165) is 16.5 Å². The van der Waals surface area contributed by atoms with E-state index >= 15 is 0 Å². The molecule has 0 aliphatic rings. The molecule has 4 N–H and O–H groups in total. The van der Waals surface area contributed by atoms with Gasteiger partial charge in [-0.3, -0.25) is 19.4 Å². The van der Waals surface area contributed by atoms with Crippen molar-refractivity contribution in [3.05, 3.63) is 42.1 Å². The van der Waals surface area contributed by atoms with Crippen molar-refractivity contribution >= 4 is 34.8 Å². The van der Waals surface area contributed by atoms with Gasteiger partial charge in [-0.15, -0.1) is 0 Å². The van der Waals surface area contributed by atoms with E-state index < -0.39 is 48.6 Å². The predicted molar refractivity (Wildman–Crippen MR) is 177 cm³/mol. The van der Waals surface area contributed by atoms with Crippen LogP contribution in [0.25, 0.3) is 10.9 Å². The topological polar surface area (TPSA) is 169 Å². The van der Waals surface area contributed by atoms with Crippen molar-refractivity contribution in [2.75, 3.05) is 32.9 Å². The molecule has 0 aliphatic carbocycles. The summed E-state index contributed by atoms with van der Waals surface area (Å²) < 4.78 is 17.1. The Bertz CT molecular complexity index is 1280. The lowest BCUT2D eigenvalue weighted by Gasteiger charge is -2.36. The summed E-state index contributed by atoms with van der Waals surface area (Å²) in [6, 6.07) is 7.47. The first kappa shape index (κ1) is 39.2. The first-order valence-electron chi connectivity index (χ1n) is 16.2. The second kappa shape index (κ2) is 20.3. The van der Waals surface area contributed by atoms with Crippen LogP contribution in [0.15, 0.2) is 36.5 Å². The smallest absolute Gasteiger partial charge is 0.407 e. The van der Waals surface area contributed by atoms with Gasteiger partial charge in [-0.1, -0.05) is 24.3 Å². The van der Waals surface area contributed by atoms with Gasteiger partial charge in [0, 0.05) is 44.4 Å². The Labute approximate surface area is 277 Å². The number of hydrogen-bond donors (Lipinski definition) is 4. The third kappa shape index (κ3) is 14.1. The normalized spacial score (nSPS) is 12.7. The SMILES string of the molecule is CCNC(=O)NOCC(=O)N[C@@H](CCCCNC(=O)OC(C)(C)C)C(=O)N(Cc1cccc2cccnc12)[C@@H](C)C(OCC)OCC. The van der Waals surface area contributed by atoms with Crippen molar-refractivity contribution in [3.8, 4) is 0 Å². The van der Waals surface area contributed by atoms with Crippen molar-refractivity contribution in [1.82, 2.24) is 31.3 Å². The number of amides is 5. The molecule has 14 heteroatoms. The van der Waals surface area contributed by atoms with Crippen LogP contribution in [0.4, 0.5) is 9.59 Å². The zero-order chi connectivity index (χ0) is 34.8. The number of hydrogen-bond acceptors (Lipinski definition) is 9. The van der Waals surface area contributed by atoms with E-state index in [9.17, 15) is 19.2 Å². The van der Waals surface area contributed by atoms with Gasteiger partial charge in [-0.05, 0) is 79.4 Å². The number of benzene rings is 1. The zero-order valence-corrected chi connectivity index (χ0v) is 28.7. The number of alkyl carbamates (subject to hydrolysis) is 1. The number of aromatic nitrogens is 1. The molecule has 2 atom stereocenters. The molecule has 0 saturated heterocycles. The zero-order valence-electron chi connectivity index (χ0n) is 28.7. The minimum absolute atomic E-state index is 0.173. The molecule has 0 fully saturated rings. The Kier molecular flexibility index (Phi) is 16.9. The lowest BCUT2D eigenvalue weighted by Crippen LogP contribution is -2.55. The Morgan fingerprint density at radius 2 is 1.66 bits per heavy atom. The lowest BCUT2D eigenvalue weighted by molar-refractivity contribution is -0.180. The number of nitrogens with one attached hydrogen (secondary N) is 4. The van der Waals surface area contributed by atoms with Crippen LogP contribution >= 0.6 is 0 Å². The predicted octanol–water partition coefficient (Wildman–Crippen LogP) is 3.78. The standard InChI is InChI=1S/C33H52N6O8/c1-8-34-31(42)38-46-22-27(40)37-26(18-11-12-19-36-32(43)47-33(5,6)7)29(41)39(23(4)30(44-9-2)45-10-3)21-25-16-13-15-24-17-14-20-35-28(24)25/h13-17,20,23,26,30H,8-12,18-19,21-22H2,1-7H3,(H,36,43)(H,37,40)(H2,34,38,42)/t23-,26-/m0/s1. The van der Waals surface area contributed by atoms with Crippen molar-refractivity contribution < 1.29 is 38.2 Å². The number of nitrogens with zero attached hydrogens (tertiary/aromatic N) is 2. The van der Waals surface area contributed by atoms with Gasteiger partial charge in [0.15, 0.2) is 12.9 Å². The molecular weight excluding hydrogens is 608 g/mol. The van der Waals surface area contributed by atoms with Crippen molar-refractivity contribution in [2.45, 2.75) is 98.2 Å². The molecule has 1 aromatic carbocycles. The van der Waals surface area contributed by atoms with Gasteiger partial charge in [-0.25, -0.2) is 15.1 Å². The number of unbranched alkanes of at least 4 members (excludes halogenated alkanes) is 1.